The van der Waals surface area contributed by atoms with Gasteiger partial charge in [-0.05, 0) is 36.1 Å². The van der Waals surface area contributed by atoms with E-state index in [0.29, 0.717) is 23.7 Å². The zero-order valence-corrected chi connectivity index (χ0v) is 17.0. The number of anilines is 1. The molecule has 4 rings (SSSR count). The van der Waals surface area contributed by atoms with Crippen molar-refractivity contribution in [1.29, 1.82) is 0 Å². The molecule has 154 valence electrons. The number of aromatic nitrogens is 4. The molecule has 0 saturated carbocycles. The first-order chi connectivity index (χ1) is 14.7. The molecule has 30 heavy (non-hydrogen) atoms. The van der Waals surface area contributed by atoms with E-state index in [1.54, 1.807) is 0 Å². The van der Waals surface area contributed by atoms with Crippen LogP contribution in [0.5, 0.6) is 5.75 Å². The predicted octanol–water partition coefficient (Wildman–Crippen LogP) is 4.26. The Bertz CT molecular complexity index is 1010. The molecule has 2 heterocycles. The first kappa shape index (κ1) is 19.8. The van der Waals surface area contributed by atoms with Crippen molar-refractivity contribution in [2.45, 2.75) is 45.1 Å². The van der Waals surface area contributed by atoms with E-state index in [-0.39, 0.29) is 12.0 Å². The summed E-state index contributed by atoms with van der Waals surface area (Å²) < 4.78 is 5.98. The van der Waals surface area contributed by atoms with Gasteiger partial charge in [-0.25, -0.2) is 0 Å². The average molecular weight is 403 g/mol. The van der Waals surface area contributed by atoms with Gasteiger partial charge in [-0.1, -0.05) is 61.4 Å². The zero-order valence-electron chi connectivity index (χ0n) is 17.0. The number of H-pyrrole nitrogens is 1. The number of aryl methyl sites for hydroxylation is 1. The Balaban J connectivity index is 1.37. The third-order valence-electron chi connectivity index (χ3n) is 5.15. The largest absolute Gasteiger partial charge is 0.479 e. The van der Waals surface area contributed by atoms with Crippen molar-refractivity contribution in [2.24, 2.45) is 0 Å². The van der Waals surface area contributed by atoms with Crippen molar-refractivity contribution in [2.75, 3.05) is 5.32 Å². The number of amides is 1. The summed E-state index contributed by atoms with van der Waals surface area (Å²) in [4.78, 5) is 12.4. The standard InChI is InChI=1S/C23H25N5O2/c1-2-3-4-6-16-9-11-17(12-10-16)13-14-21(29)24-19-8-5-7-18-15-20(30-22(18)19)23-25-27-28-26-23/h5,7-14,20H,2-4,6,15H2,1H3,(H,24,29)(H,25,26,27,28)/b14-13+. The first-order valence-corrected chi connectivity index (χ1v) is 10.3. The van der Waals surface area contributed by atoms with Crippen LogP contribution >= 0.6 is 0 Å². The second kappa shape index (κ2) is 9.35. The van der Waals surface area contributed by atoms with E-state index in [1.807, 2.05) is 36.4 Å². The number of carbonyl (C=O) groups is 1. The van der Waals surface area contributed by atoms with Gasteiger partial charge in [-0.15, -0.1) is 10.2 Å². The van der Waals surface area contributed by atoms with Crippen LogP contribution in [0.1, 0.15) is 54.8 Å². The Kier molecular flexibility index (Phi) is 6.17. The predicted molar refractivity (Wildman–Crippen MR) is 115 cm³/mol. The third kappa shape index (κ3) is 4.74. The number of benzene rings is 2. The van der Waals surface area contributed by atoms with Crippen LogP contribution in [0.2, 0.25) is 0 Å². The lowest BCUT2D eigenvalue weighted by Crippen LogP contribution is -2.09. The topological polar surface area (TPSA) is 92.8 Å². The van der Waals surface area contributed by atoms with Crippen LogP contribution in [-0.4, -0.2) is 26.5 Å². The van der Waals surface area contributed by atoms with Crippen molar-refractivity contribution in [3.8, 4) is 5.75 Å². The maximum atomic E-state index is 12.4. The molecule has 0 radical (unpaired) electrons. The van der Waals surface area contributed by atoms with Gasteiger partial charge in [0.25, 0.3) is 0 Å². The number of carbonyl (C=O) groups excluding carboxylic acids is 1. The number of nitrogens with one attached hydrogen (secondary N) is 2. The molecule has 7 nitrogen and oxygen atoms in total. The molecule has 1 aliphatic rings. The number of para-hydroxylation sites is 1. The van der Waals surface area contributed by atoms with Crippen molar-refractivity contribution in [3.05, 3.63) is 71.1 Å². The van der Waals surface area contributed by atoms with Crippen LogP contribution in [0.15, 0.2) is 48.5 Å². The van der Waals surface area contributed by atoms with Gasteiger partial charge < -0.3 is 10.1 Å². The minimum Gasteiger partial charge on any atom is -0.479 e. The highest BCUT2D eigenvalue weighted by Gasteiger charge is 2.29. The molecular weight excluding hydrogens is 378 g/mol. The van der Waals surface area contributed by atoms with Crippen molar-refractivity contribution in [3.63, 3.8) is 0 Å². The Hall–Kier alpha value is -3.48. The summed E-state index contributed by atoms with van der Waals surface area (Å²) in [6.45, 7) is 2.21. The molecule has 1 amide bonds. The zero-order chi connectivity index (χ0) is 20.8. The Morgan fingerprint density at radius 1 is 1.23 bits per heavy atom. The molecule has 0 bridgehead atoms. The van der Waals surface area contributed by atoms with Crippen molar-refractivity contribution >= 4 is 17.7 Å². The summed E-state index contributed by atoms with van der Waals surface area (Å²) >= 11 is 0. The molecule has 2 aromatic carbocycles. The summed E-state index contributed by atoms with van der Waals surface area (Å²) in [7, 11) is 0. The van der Waals surface area contributed by atoms with Gasteiger partial charge in [-0.3, -0.25) is 4.79 Å². The van der Waals surface area contributed by atoms with Gasteiger partial charge in [0.2, 0.25) is 11.7 Å². The maximum Gasteiger partial charge on any atom is 0.248 e. The van der Waals surface area contributed by atoms with Gasteiger partial charge in [-0.2, -0.15) is 5.21 Å². The van der Waals surface area contributed by atoms with Crippen LogP contribution in [0.3, 0.4) is 0 Å². The summed E-state index contributed by atoms with van der Waals surface area (Å²) in [5.74, 6) is 0.953. The smallest absolute Gasteiger partial charge is 0.248 e. The SMILES string of the molecule is CCCCCc1ccc(/C=C/C(=O)Nc2cccc3c2OC(c2nn[nH]n2)C3)cc1. The number of ether oxygens (including phenoxy) is 1. The fourth-order valence-corrected chi connectivity index (χ4v) is 3.54. The van der Waals surface area contributed by atoms with Crippen LogP contribution < -0.4 is 10.1 Å². The number of unbranched alkanes of at least 4 members (excludes halogenated alkanes) is 2. The minimum atomic E-state index is -0.303. The Labute approximate surface area is 175 Å². The Morgan fingerprint density at radius 3 is 2.87 bits per heavy atom. The fourth-order valence-electron chi connectivity index (χ4n) is 3.54. The molecule has 1 atom stereocenters. The summed E-state index contributed by atoms with van der Waals surface area (Å²) in [6, 6.07) is 14.1. The van der Waals surface area contributed by atoms with Gasteiger partial charge >= 0.3 is 0 Å². The number of nitrogens with zero attached hydrogens (tertiary/aromatic N) is 3. The van der Waals surface area contributed by atoms with Crippen molar-refractivity contribution < 1.29 is 9.53 Å². The van der Waals surface area contributed by atoms with E-state index in [4.69, 9.17) is 4.74 Å². The lowest BCUT2D eigenvalue weighted by molar-refractivity contribution is -0.111. The molecule has 1 aromatic heterocycles. The highest BCUT2D eigenvalue weighted by Crippen LogP contribution is 2.40. The molecule has 0 saturated heterocycles. The monoisotopic (exact) mass is 403 g/mol. The fraction of sp³-hybridized carbons (Fsp3) is 0.304. The number of aromatic amines is 1. The molecule has 0 spiro atoms. The van der Waals surface area contributed by atoms with Crippen LogP contribution in [-0.2, 0) is 17.6 Å². The highest BCUT2D eigenvalue weighted by atomic mass is 16.5. The molecule has 1 aliphatic heterocycles. The molecule has 0 fully saturated rings. The van der Waals surface area contributed by atoms with E-state index in [2.05, 4.69) is 45.0 Å². The number of rotatable bonds is 8. The summed E-state index contributed by atoms with van der Waals surface area (Å²) in [5, 5.41) is 16.9. The number of tetrazole rings is 1. The quantitative estimate of drug-likeness (QED) is 0.433. The molecular formula is C23H25N5O2. The van der Waals surface area contributed by atoms with E-state index in [9.17, 15) is 4.79 Å². The lowest BCUT2D eigenvalue weighted by atomic mass is 10.1. The second-order valence-corrected chi connectivity index (χ2v) is 7.40. The molecule has 7 heteroatoms. The van der Waals surface area contributed by atoms with E-state index >= 15 is 0 Å². The van der Waals surface area contributed by atoms with E-state index < -0.39 is 0 Å². The number of hydrogen-bond acceptors (Lipinski definition) is 5. The van der Waals surface area contributed by atoms with Gasteiger partial charge in [0.05, 0.1) is 5.69 Å². The molecule has 2 N–H and O–H groups in total. The molecule has 0 aliphatic carbocycles. The lowest BCUT2D eigenvalue weighted by Gasteiger charge is -2.10. The summed E-state index contributed by atoms with van der Waals surface area (Å²) in [5.41, 5.74) is 3.97. The van der Waals surface area contributed by atoms with Gasteiger partial charge in [0.15, 0.2) is 6.10 Å². The summed E-state index contributed by atoms with van der Waals surface area (Å²) in [6.07, 6.45) is 8.48. The normalized spacial score (nSPS) is 15.2. The van der Waals surface area contributed by atoms with Gasteiger partial charge in [0, 0.05) is 18.1 Å². The van der Waals surface area contributed by atoms with Crippen LogP contribution in [0.25, 0.3) is 6.08 Å². The first-order valence-electron chi connectivity index (χ1n) is 10.3. The molecule has 3 aromatic rings. The average Bonchev–Trinajstić information content (AvgIpc) is 3.43. The third-order valence-corrected chi connectivity index (χ3v) is 5.15. The Morgan fingerprint density at radius 2 is 2.10 bits per heavy atom. The molecule has 1 unspecified atom stereocenters. The van der Waals surface area contributed by atoms with E-state index in [1.165, 1.54) is 30.9 Å². The van der Waals surface area contributed by atoms with Gasteiger partial charge in [0.1, 0.15) is 5.75 Å². The maximum absolute atomic E-state index is 12.4. The highest BCUT2D eigenvalue weighted by molar-refractivity contribution is 6.03. The number of hydrogen-bond donors (Lipinski definition) is 2. The minimum absolute atomic E-state index is 0.206. The van der Waals surface area contributed by atoms with E-state index in [0.717, 1.165) is 17.5 Å². The van der Waals surface area contributed by atoms with Crippen molar-refractivity contribution in [1.82, 2.24) is 20.6 Å². The number of fused-ring (bicyclic) bond motifs is 1. The van der Waals surface area contributed by atoms with Crippen LogP contribution in [0, 0.1) is 0 Å². The van der Waals surface area contributed by atoms with Crippen LogP contribution in [0.4, 0.5) is 5.69 Å². The second-order valence-electron chi connectivity index (χ2n) is 7.40.